The number of H-pyrrole nitrogens is 1. The highest BCUT2D eigenvalue weighted by Crippen LogP contribution is 2.36. The van der Waals surface area contributed by atoms with Crippen molar-refractivity contribution in [2.45, 2.75) is 69.5 Å². The van der Waals surface area contributed by atoms with Crippen LogP contribution in [0.4, 0.5) is 0 Å². The van der Waals surface area contributed by atoms with Crippen LogP contribution < -0.4 is 5.56 Å². The fourth-order valence-corrected chi connectivity index (χ4v) is 6.53. The molecule has 0 bridgehead atoms. The Morgan fingerprint density at radius 1 is 1.30 bits per heavy atom. The number of hydrogen-bond donors (Lipinski definition) is 1. The molecule has 1 N–H and O–H groups in total. The first-order valence-electron chi connectivity index (χ1n) is 9.96. The Kier molecular flexibility index (Phi) is 5.60. The molecule has 2 heterocycles. The molecular weight excluding hydrogens is 378 g/mol. The topological polar surface area (TPSA) is 66.1 Å². The summed E-state index contributed by atoms with van der Waals surface area (Å²) >= 11 is 3.00. The molecule has 0 spiro atoms. The number of amides is 1. The number of carbonyl (C=O) groups is 1. The maximum Gasteiger partial charge on any atom is 0.260 e. The van der Waals surface area contributed by atoms with Gasteiger partial charge in [0, 0.05) is 18.0 Å². The van der Waals surface area contributed by atoms with Crippen molar-refractivity contribution < 1.29 is 4.79 Å². The number of carbonyl (C=O) groups excluding carboxylic acids is 1. The van der Waals surface area contributed by atoms with Crippen molar-refractivity contribution in [3.8, 4) is 0 Å². The summed E-state index contributed by atoms with van der Waals surface area (Å²) in [6.45, 7) is 2.26. The van der Waals surface area contributed by atoms with Crippen LogP contribution in [0.5, 0.6) is 0 Å². The monoisotopic (exact) mass is 405 g/mol. The lowest BCUT2D eigenvalue weighted by atomic mass is 9.89. The molecule has 0 saturated heterocycles. The number of hydrogen-bond acceptors (Lipinski definition) is 5. The molecule has 2 aliphatic carbocycles. The van der Waals surface area contributed by atoms with Gasteiger partial charge in [-0.1, -0.05) is 37.9 Å². The molecule has 7 heteroatoms. The van der Waals surface area contributed by atoms with Crippen LogP contribution in [-0.2, 0) is 17.6 Å². The number of thiophene rings is 1. The van der Waals surface area contributed by atoms with Gasteiger partial charge < -0.3 is 9.88 Å². The first-order chi connectivity index (χ1) is 13.0. The molecule has 1 fully saturated rings. The largest absolute Gasteiger partial charge is 0.342 e. The third kappa shape index (κ3) is 3.94. The predicted molar refractivity (Wildman–Crippen MR) is 112 cm³/mol. The average Bonchev–Trinajstić information content (AvgIpc) is 3.03. The van der Waals surface area contributed by atoms with E-state index in [1.54, 1.807) is 11.3 Å². The third-order valence-electron chi connectivity index (χ3n) is 5.99. The van der Waals surface area contributed by atoms with Gasteiger partial charge in [0.1, 0.15) is 4.83 Å². The lowest BCUT2D eigenvalue weighted by molar-refractivity contribution is -0.129. The maximum absolute atomic E-state index is 12.6. The number of aromatic amines is 1. The summed E-state index contributed by atoms with van der Waals surface area (Å²) in [5, 5.41) is 1.33. The van der Waals surface area contributed by atoms with E-state index < -0.39 is 0 Å². The molecule has 1 saturated carbocycles. The fourth-order valence-electron chi connectivity index (χ4n) is 4.30. The summed E-state index contributed by atoms with van der Waals surface area (Å²) in [6, 6.07) is 0.368. The van der Waals surface area contributed by atoms with Crippen molar-refractivity contribution >= 4 is 39.2 Å². The molecule has 146 valence electrons. The zero-order valence-corrected chi connectivity index (χ0v) is 17.7. The minimum Gasteiger partial charge on any atom is -0.342 e. The Morgan fingerprint density at radius 2 is 2.07 bits per heavy atom. The summed E-state index contributed by atoms with van der Waals surface area (Å²) in [7, 11) is 1.91. The highest BCUT2D eigenvalue weighted by Gasteiger charge is 2.24. The zero-order valence-electron chi connectivity index (χ0n) is 16.0. The molecule has 4 rings (SSSR count). The van der Waals surface area contributed by atoms with Crippen LogP contribution in [0.15, 0.2) is 9.95 Å². The minimum absolute atomic E-state index is 0.0531. The van der Waals surface area contributed by atoms with Crippen molar-refractivity contribution in [2.24, 2.45) is 5.92 Å². The smallest absolute Gasteiger partial charge is 0.260 e. The van der Waals surface area contributed by atoms with Gasteiger partial charge in [0.05, 0.1) is 11.1 Å². The van der Waals surface area contributed by atoms with E-state index in [2.05, 4.69) is 16.9 Å². The van der Waals surface area contributed by atoms with Crippen molar-refractivity contribution in [3.05, 3.63) is 20.8 Å². The van der Waals surface area contributed by atoms with Gasteiger partial charge in [-0.05, 0) is 43.6 Å². The molecule has 0 radical (unpaired) electrons. The van der Waals surface area contributed by atoms with Crippen molar-refractivity contribution in [2.75, 3.05) is 12.8 Å². The molecule has 1 amide bonds. The fraction of sp³-hybridized carbons (Fsp3) is 0.650. The molecule has 2 aliphatic rings. The number of nitrogens with one attached hydrogen (secondary N) is 1. The van der Waals surface area contributed by atoms with Crippen molar-refractivity contribution in [1.29, 1.82) is 0 Å². The molecule has 1 atom stereocenters. The molecule has 2 aromatic rings. The Bertz CT molecular complexity index is 898. The molecule has 0 aromatic carbocycles. The van der Waals surface area contributed by atoms with Crippen molar-refractivity contribution in [3.63, 3.8) is 0 Å². The molecule has 1 unspecified atom stereocenters. The second kappa shape index (κ2) is 7.95. The van der Waals surface area contributed by atoms with E-state index in [0.29, 0.717) is 22.9 Å². The van der Waals surface area contributed by atoms with Crippen LogP contribution in [0.1, 0.15) is 55.9 Å². The van der Waals surface area contributed by atoms with Crippen LogP contribution in [0, 0.1) is 5.92 Å². The Morgan fingerprint density at radius 3 is 2.85 bits per heavy atom. The predicted octanol–water partition coefficient (Wildman–Crippen LogP) is 3.99. The van der Waals surface area contributed by atoms with E-state index >= 15 is 0 Å². The van der Waals surface area contributed by atoms with Crippen LogP contribution in [0.25, 0.3) is 10.2 Å². The SMILES string of the molecule is CC1CCc2c(sc3nc(SCC(=O)N(C)C4CCCCC4)[nH]c(=O)c23)C1. The van der Waals surface area contributed by atoms with Gasteiger partial charge in [0.25, 0.3) is 5.56 Å². The summed E-state index contributed by atoms with van der Waals surface area (Å²) in [5.74, 6) is 1.12. The quantitative estimate of drug-likeness (QED) is 0.617. The third-order valence-corrected chi connectivity index (χ3v) is 8.00. The van der Waals surface area contributed by atoms with Crippen LogP contribution in [0.3, 0.4) is 0 Å². The first-order valence-corrected chi connectivity index (χ1v) is 11.8. The van der Waals surface area contributed by atoms with E-state index in [-0.39, 0.29) is 11.5 Å². The van der Waals surface area contributed by atoms with Gasteiger partial charge in [0.15, 0.2) is 5.16 Å². The summed E-state index contributed by atoms with van der Waals surface area (Å²) < 4.78 is 0. The standard InChI is InChI=1S/C20H27N3O2S2/c1-12-8-9-14-15(10-12)27-19-17(14)18(25)21-20(22-19)26-11-16(24)23(2)13-6-4-3-5-7-13/h12-13H,3-11H2,1-2H3,(H,21,22,25). The molecular formula is C20H27N3O2S2. The Balaban J connectivity index is 1.48. The van der Waals surface area contributed by atoms with E-state index in [4.69, 9.17) is 0 Å². The normalized spacial score (nSPS) is 20.6. The summed E-state index contributed by atoms with van der Waals surface area (Å²) in [6.07, 6.45) is 9.06. The second-order valence-electron chi connectivity index (χ2n) is 7.99. The number of fused-ring (bicyclic) bond motifs is 3. The number of aromatic nitrogens is 2. The van der Waals surface area contributed by atoms with E-state index in [1.807, 2.05) is 11.9 Å². The lowest BCUT2D eigenvalue weighted by Gasteiger charge is -2.31. The average molecular weight is 406 g/mol. The summed E-state index contributed by atoms with van der Waals surface area (Å²) in [5.41, 5.74) is 1.15. The number of aryl methyl sites for hydroxylation is 1. The molecule has 2 aromatic heterocycles. The lowest BCUT2D eigenvalue weighted by Crippen LogP contribution is -2.39. The van der Waals surface area contributed by atoms with Crippen LogP contribution >= 0.6 is 23.1 Å². The summed E-state index contributed by atoms with van der Waals surface area (Å²) in [4.78, 5) is 36.8. The van der Waals surface area contributed by atoms with E-state index in [9.17, 15) is 9.59 Å². The van der Waals surface area contributed by atoms with Gasteiger partial charge in [-0.15, -0.1) is 11.3 Å². The van der Waals surface area contributed by atoms with Crippen LogP contribution in [0.2, 0.25) is 0 Å². The molecule has 0 aliphatic heterocycles. The van der Waals surface area contributed by atoms with Crippen molar-refractivity contribution in [1.82, 2.24) is 14.9 Å². The van der Waals surface area contributed by atoms with Gasteiger partial charge in [0.2, 0.25) is 5.91 Å². The van der Waals surface area contributed by atoms with Gasteiger partial charge >= 0.3 is 0 Å². The molecule has 27 heavy (non-hydrogen) atoms. The number of nitrogens with zero attached hydrogens (tertiary/aromatic N) is 2. The highest BCUT2D eigenvalue weighted by molar-refractivity contribution is 7.99. The Labute approximate surface area is 167 Å². The second-order valence-corrected chi connectivity index (χ2v) is 10.0. The van der Waals surface area contributed by atoms with E-state index in [0.717, 1.165) is 42.3 Å². The van der Waals surface area contributed by atoms with E-state index in [1.165, 1.54) is 41.5 Å². The zero-order chi connectivity index (χ0) is 19.0. The number of rotatable bonds is 4. The Hall–Kier alpha value is -1.34. The first kappa shape index (κ1) is 19.0. The van der Waals surface area contributed by atoms with Gasteiger partial charge in [-0.3, -0.25) is 9.59 Å². The minimum atomic E-state index is -0.0531. The highest BCUT2D eigenvalue weighted by atomic mass is 32.2. The van der Waals surface area contributed by atoms with Gasteiger partial charge in [-0.25, -0.2) is 4.98 Å². The maximum atomic E-state index is 12.6. The number of thioether (sulfide) groups is 1. The van der Waals surface area contributed by atoms with Crippen LogP contribution in [-0.4, -0.2) is 39.6 Å². The van der Waals surface area contributed by atoms with Gasteiger partial charge in [-0.2, -0.15) is 0 Å². The molecule has 5 nitrogen and oxygen atoms in total.